The second-order valence-electron chi connectivity index (χ2n) is 5.45. The largest absolute Gasteiger partial charge is 0.493 e. The van der Waals surface area contributed by atoms with E-state index in [1.54, 1.807) is 54.5 Å². The molecule has 2 aromatic rings. The zero-order chi connectivity index (χ0) is 17.8. The van der Waals surface area contributed by atoms with Crippen molar-refractivity contribution in [2.45, 2.75) is 0 Å². The fourth-order valence-corrected chi connectivity index (χ4v) is 2.62. The average Bonchev–Trinajstić information content (AvgIpc) is 3.07. The summed E-state index contributed by atoms with van der Waals surface area (Å²) in [7, 11) is 3.06. The second kappa shape index (κ2) is 7.12. The lowest BCUT2D eigenvalue weighted by molar-refractivity contribution is 0.102. The number of carbonyl (C=O) groups is 2. The zero-order valence-corrected chi connectivity index (χ0v) is 14.0. The van der Waals surface area contributed by atoms with Crippen molar-refractivity contribution in [2.24, 2.45) is 0 Å². The van der Waals surface area contributed by atoms with E-state index in [0.29, 0.717) is 35.8 Å². The van der Waals surface area contributed by atoms with Crippen molar-refractivity contribution in [3.63, 3.8) is 0 Å². The van der Waals surface area contributed by atoms with E-state index in [2.05, 4.69) is 10.6 Å². The Balaban J connectivity index is 1.71. The first kappa shape index (κ1) is 16.6. The van der Waals surface area contributed by atoms with Gasteiger partial charge in [0.05, 0.1) is 14.2 Å². The van der Waals surface area contributed by atoms with Gasteiger partial charge in [0.2, 0.25) is 0 Å². The van der Waals surface area contributed by atoms with E-state index >= 15 is 0 Å². The fraction of sp³-hybridized carbons (Fsp3) is 0.222. The van der Waals surface area contributed by atoms with Gasteiger partial charge in [0.15, 0.2) is 11.5 Å². The lowest BCUT2D eigenvalue weighted by atomic mass is 10.1. The Morgan fingerprint density at radius 2 is 1.80 bits per heavy atom. The van der Waals surface area contributed by atoms with Crippen LogP contribution in [0.4, 0.5) is 16.2 Å². The predicted molar refractivity (Wildman–Crippen MR) is 94.7 cm³/mol. The summed E-state index contributed by atoms with van der Waals surface area (Å²) < 4.78 is 10.4. The molecular formula is C18H19N3O4. The van der Waals surface area contributed by atoms with Gasteiger partial charge >= 0.3 is 6.03 Å². The van der Waals surface area contributed by atoms with Crippen LogP contribution in [0.2, 0.25) is 0 Å². The van der Waals surface area contributed by atoms with E-state index < -0.39 is 0 Å². The average molecular weight is 341 g/mol. The molecule has 3 rings (SSSR count). The summed E-state index contributed by atoms with van der Waals surface area (Å²) in [6, 6.07) is 12.0. The van der Waals surface area contributed by atoms with E-state index in [4.69, 9.17) is 9.47 Å². The van der Waals surface area contributed by atoms with Gasteiger partial charge in [-0.25, -0.2) is 4.79 Å². The fourth-order valence-electron chi connectivity index (χ4n) is 2.62. The highest BCUT2D eigenvalue weighted by molar-refractivity contribution is 6.05. The molecule has 0 radical (unpaired) electrons. The summed E-state index contributed by atoms with van der Waals surface area (Å²) >= 11 is 0. The summed E-state index contributed by atoms with van der Waals surface area (Å²) in [4.78, 5) is 25.7. The Morgan fingerprint density at radius 3 is 2.40 bits per heavy atom. The van der Waals surface area contributed by atoms with Crippen molar-refractivity contribution >= 4 is 23.3 Å². The molecule has 1 fully saturated rings. The number of hydrogen-bond donors (Lipinski definition) is 2. The Kier molecular flexibility index (Phi) is 4.74. The molecule has 7 heteroatoms. The van der Waals surface area contributed by atoms with Crippen LogP contribution in [0.3, 0.4) is 0 Å². The zero-order valence-electron chi connectivity index (χ0n) is 14.0. The number of anilines is 2. The van der Waals surface area contributed by atoms with E-state index in [1.165, 1.54) is 7.11 Å². The third-order valence-corrected chi connectivity index (χ3v) is 3.94. The van der Waals surface area contributed by atoms with E-state index in [-0.39, 0.29) is 11.9 Å². The Hall–Kier alpha value is -3.22. The van der Waals surface area contributed by atoms with Crippen LogP contribution in [0.25, 0.3) is 0 Å². The minimum absolute atomic E-state index is 0.109. The van der Waals surface area contributed by atoms with Gasteiger partial charge in [0.25, 0.3) is 5.91 Å². The first-order valence-corrected chi connectivity index (χ1v) is 7.81. The lowest BCUT2D eigenvalue weighted by Gasteiger charge is -2.15. The molecule has 25 heavy (non-hydrogen) atoms. The van der Waals surface area contributed by atoms with Crippen molar-refractivity contribution in [3.05, 3.63) is 48.0 Å². The summed E-state index contributed by atoms with van der Waals surface area (Å²) in [6.07, 6.45) is 0. The minimum Gasteiger partial charge on any atom is -0.493 e. The Bertz CT molecular complexity index is 789. The van der Waals surface area contributed by atoms with Crippen molar-refractivity contribution < 1.29 is 19.1 Å². The highest BCUT2D eigenvalue weighted by atomic mass is 16.5. The van der Waals surface area contributed by atoms with Gasteiger partial charge in [0, 0.05) is 30.0 Å². The van der Waals surface area contributed by atoms with Crippen LogP contribution < -0.4 is 25.0 Å². The molecule has 0 unspecified atom stereocenters. The molecule has 1 saturated heterocycles. The van der Waals surface area contributed by atoms with Crippen LogP contribution in [0.15, 0.2) is 42.5 Å². The Morgan fingerprint density at radius 1 is 1.08 bits per heavy atom. The van der Waals surface area contributed by atoms with Crippen molar-refractivity contribution in [1.29, 1.82) is 0 Å². The highest BCUT2D eigenvalue weighted by Crippen LogP contribution is 2.28. The smallest absolute Gasteiger partial charge is 0.321 e. The minimum atomic E-state index is -0.257. The maximum Gasteiger partial charge on any atom is 0.321 e. The lowest BCUT2D eigenvalue weighted by Crippen LogP contribution is -2.27. The molecule has 0 aromatic heterocycles. The molecule has 1 heterocycles. The molecule has 0 atom stereocenters. The standard InChI is InChI=1S/C18H19N3O4/c1-24-15-8-3-12(11-16(15)25-2)17(22)20-13-4-6-14(7-5-13)21-10-9-19-18(21)23/h3-8,11H,9-10H2,1-2H3,(H,19,23)(H,20,22). The van der Waals surface area contributed by atoms with Gasteiger partial charge in [-0.15, -0.1) is 0 Å². The first-order chi connectivity index (χ1) is 12.1. The van der Waals surface area contributed by atoms with E-state index in [1.807, 2.05) is 0 Å². The first-order valence-electron chi connectivity index (χ1n) is 7.81. The van der Waals surface area contributed by atoms with Crippen LogP contribution in [-0.4, -0.2) is 39.2 Å². The van der Waals surface area contributed by atoms with Gasteiger partial charge in [-0.1, -0.05) is 0 Å². The quantitative estimate of drug-likeness (QED) is 0.876. The van der Waals surface area contributed by atoms with Crippen LogP contribution >= 0.6 is 0 Å². The topological polar surface area (TPSA) is 79.9 Å². The predicted octanol–water partition coefficient (Wildman–Crippen LogP) is 2.49. The SMILES string of the molecule is COc1ccc(C(=O)Nc2ccc(N3CCNC3=O)cc2)cc1OC. The van der Waals surface area contributed by atoms with Crippen molar-refractivity contribution in [2.75, 3.05) is 37.5 Å². The molecule has 0 saturated carbocycles. The van der Waals surface area contributed by atoms with Gasteiger partial charge < -0.3 is 20.1 Å². The molecule has 7 nitrogen and oxygen atoms in total. The number of nitrogens with zero attached hydrogens (tertiary/aromatic N) is 1. The molecule has 2 aromatic carbocycles. The van der Waals surface area contributed by atoms with E-state index in [9.17, 15) is 9.59 Å². The summed E-state index contributed by atoms with van der Waals surface area (Å²) in [5.74, 6) is 0.797. The normalized spacial score (nSPS) is 13.4. The molecular weight excluding hydrogens is 322 g/mol. The number of nitrogens with one attached hydrogen (secondary N) is 2. The van der Waals surface area contributed by atoms with Crippen LogP contribution in [-0.2, 0) is 0 Å². The van der Waals surface area contributed by atoms with Gasteiger partial charge in [0.1, 0.15) is 0 Å². The summed E-state index contributed by atoms with van der Waals surface area (Å²) in [6.45, 7) is 1.27. The van der Waals surface area contributed by atoms with Crippen molar-refractivity contribution in [3.8, 4) is 11.5 Å². The Labute approximate surface area is 145 Å². The highest BCUT2D eigenvalue weighted by Gasteiger charge is 2.20. The van der Waals surface area contributed by atoms with Gasteiger partial charge in [-0.2, -0.15) is 0 Å². The molecule has 1 aliphatic heterocycles. The second-order valence-corrected chi connectivity index (χ2v) is 5.45. The molecule has 130 valence electrons. The number of carbonyl (C=O) groups excluding carboxylic acids is 2. The van der Waals surface area contributed by atoms with Crippen LogP contribution in [0, 0.1) is 0 Å². The number of urea groups is 1. The maximum absolute atomic E-state index is 12.4. The number of ether oxygens (including phenoxy) is 2. The summed E-state index contributed by atoms with van der Waals surface area (Å²) in [5.41, 5.74) is 1.89. The van der Waals surface area contributed by atoms with Crippen LogP contribution in [0.1, 0.15) is 10.4 Å². The molecule has 2 N–H and O–H groups in total. The van der Waals surface area contributed by atoms with Gasteiger partial charge in [-0.05, 0) is 42.5 Å². The van der Waals surface area contributed by atoms with Crippen LogP contribution in [0.5, 0.6) is 11.5 Å². The maximum atomic E-state index is 12.4. The molecule has 0 bridgehead atoms. The van der Waals surface area contributed by atoms with E-state index in [0.717, 1.165) is 5.69 Å². The number of amides is 3. The monoisotopic (exact) mass is 341 g/mol. The molecule has 3 amide bonds. The molecule has 0 spiro atoms. The number of hydrogen-bond acceptors (Lipinski definition) is 4. The number of rotatable bonds is 5. The third-order valence-electron chi connectivity index (χ3n) is 3.94. The third kappa shape index (κ3) is 3.50. The number of methoxy groups -OCH3 is 2. The number of benzene rings is 2. The molecule has 0 aliphatic carbocycles. The van der Waals surface area contributed by atoms with Crippen molar-refractivity contribution in [1.82, 2.24) is 5.32 Å². The molecule has 1 aliphatic rings. The van der Waals surface area contributed by atoms with Gasteiger partial charge in [-0.3, -0.25) is 9.69 Å². The summed E-state index contributed by atoms with van der Waals surface area (Å²) in [5, 5.41) is 5.57.